The standard InChI is InChI=1S/C11H13FO2/c1-11(2,12)14-10-6-4-3-5-9(7-10)8-13/h3-4,6-8H,5H2,1-2H3. The highest BCUT2D eigenvalue weighted by Gasteiger charge is 2.17. The zero-order valence-electron chi connectivity index (χ0n) is 8.29. The van der Waals surface area contributed by atoms with Crippen LogP contribution in [0.15, 0.2) is 35.6 Å². The molecular formula is C11H13FO2. The first kappa shape index (κ1) is 10.7. The van der Waals surface area contributed by atoms with Gasteiger partial charge in [0.2, 0.25) is 5.85 Å². The Balaban J connectivity index is 2.81. The first-order valence-corrected chi connectivity index (χ1v) is 4.42. The van der Waals surface area contributed by atoms with E-state index in [-0.39, 0.29) is 0 Å². The van der Waals surface area contributed by atoms with Crippen LogP contribution in [0.3, 0.4) is 0 Å². The van der Waals surface area contributed by atoms with Crippen LogP contribution in [0.4, 0.5) is 4.39 Å². The summed E-state index contributed by atoms with van der Waals surface area (Å²) in [4.78, 5) is 10.5. The molecule has 0 radical (unpaired) electrons. The van der Waals surface area contributed by atoms with E-state index in [0.29, 0.717) is 17.8 Å². The number of ether oxygens (including phenoxy) is 1. The summed E-state index contributed by atoms with van der Waals surface area (Å²) < 4.78 is 18.1. The largest absolute Gasteiger partial charge is 0.459 e. The molecule has 0 unspecified atom stereocenters. The van der Waals surface area contributed by atoms with Gasteiger partial charge >= 0.3 is 0 Å². The molecule has 0 aromatic heterocycles. The third-order valence-corrected chi connectivity index (χ3v) is 1.59. The molecule has 1 aliphatic rings. The van der Waals surface area contributed by atoms with Gasteiger partial charge in [0.25, 0.3) is 0 Å². The van der Waals surface area contributed by atoms with Crippen molar-refractivity contribution in [1.82, 2.24) is 0 Å². The van der Waals surface area contributed by atoms with E-state index in [9.17, 15) is 9.18 Å². The molecule has 0 heterocycles. The van der Waals surface area contributed by atoms with Crippen molar-refractivity contribution >= 4 is 6.29 Å². The summed E-state index contributed by atoms with van der Waals surface area (Å²) in [5, 5.41) is 0. The molecule has 2 nitrogen and oxygen atoms in total. The number of halogens is 1. The van der Waals surface area contributed by atoms with Crippen LogP contribution in [0.2, 0.25) is 0 Å². The molecule has 0 saturated heterocycles. The van der Waals surface area contributed by atoms with E-state index in [1.807, 2.05) is 6.08 Å². The zero-order chi connectivity index (χ0) is 10.6. The molecule has 0 bridgehead atoms. The van der Waals surface area contributed by atoms with Crippen LogP contribution in [0.5, 0.6) is 0 Å². The molecule has 1 rings (SSSR count). The summed E-state index contributed by atoms with van der Waals surface area (Å²) in [5.74, 6) is -1.36. The highest BCUT2D eigenvalue weighted by Crippen LogP contribution is 2.19. The SMILES string of the molecule is CC(C)(F)OC1=CC=CCC(C=O)=C1. The predicted octanol–water partition coefficient (Wildman–Crippen LogP) is 2.68. The lowest BCUT2D eigenvalue weighted by molar-refractivity contribution is -0.105. The summed E-state index contributed by atoms with van der Waals surface area (Å²) in [5.41, 5.74) is 0.578. The van der Waals surface area contributed by atoms with E-state index in [1.54, 1.807) is 18.2 Å². The number of allylic oxidation sites excluding steroid dienone is 5. The average Bonchev–Trinajstić information content (AvgIpc) is 2.26. The van der Waals surface area contributed by atoms with Crippen LogP contribution in [0.1, 0.15) is 20.3 Å². The van der Waals surface area contributed by atoms with Crippen LogP contribution in [0, 0.1) is 0 Å². The van der Waals surface area contributed by atoms with Gasteiger partial charge in [-0.2, -0.15) is 4.39 Å². The maximum absolute atomic E-state index is 13.1. The Labute approximate surface area is 82.8 Å². The second-order valence-corrected chi connectivity index (χ2v) is 3.50. The molecule has 14 heavy (non-hydrogen) atoms. The Morgan fingerprint density at radius 1 is 1.57 bits per heavy atom. The molecule has 3 heteroatoms. The number of carbonyl (C=O) groups is 1. The second-order valence-electron chi connectivity index (χ2n) is 3.50. The van der Waals surface area contributed by atoms with Crippen molar-refractivity contribution in [2.75, 3.05) is 0 Å². The molecule has 76 valence electrons. The zero-order valence-corrected chi connectivity index (χ0v) is 8.29. The third-order valence-electron chi connectivity index (χ3n) is 1.59. The van der Waals surface area contributed by atoms with Crippen molar-refractivity contribution in [3.63, 3.8) is 0 Å². The lowest BCUT2D eigenvalue weighted by Crippen LogP contribution is -2.16. The lowest BCUT2D eigenvalue weighted by Gasteiger charge is -2.17. The van der Waals surface area contributed by atoms with Gasteiger partial charge in [-0.25, -0.2) is 0 Å². The average molecular weight is 196 g/mol. The molecule has 0 saturated carbocycles. The molecule has 1 aliphatic carbocycles. The summed E-state index contributed by atoms with van der Waals surface area (Å²) in [7, 11) is 0. The molecule has 0 spiro atoms. The van der Waals surface area contributed by atoms with Crippen molar-refractivity contribution < 1.29 is 13.9 Å². The maximum Gasteiger partial charge on any atom is 0.242 e. The van der Waals surface area contributed by atoms with Gasteiger partial charge in [-0.05, 0) is 24.1 Å². The summed E-state index contributed by atoms with van der Waals surface area (Å²) in [6.45, 7) is 2.63. The van der Waals surface area contributed by atoms with Gasteiger partial charge in [0.05, 0.1) is 0 Å². The quantitative estimate of drug-likeness (QED) is 0.649. The molecular weight excluding hydrogens is 183 g/mol. The monoisotopic (exact) mass is 196 g/mol. The van der Waals surface area contributed by atoms with Crippen molar-refractivity contribution in [2.24, 2.45) is 0 Å². The smallest absolute Gasteiger partial charge is 0.242 e. The molecule has 0 fully saturated rings. The molecule has 0 N–H and O–H groups in total. The minimum Gasteiger partial charge on any atom is -0.459 e. The minimum absolute atomic E-state index is 0.369. The predicted molar refractivity (Wildman–Crippen MR) is 52.3 cm³/mol. The Kier molecular flexibility index (Phi) is 3.23. The fourth-order valence-corrected chi connectivity index (χ4v) is 1.08. The summed E-state index contributed by atoms with van der Waals surface area (Å²) >= 11 is 0. The maximum atomic E-state index is 13.1. The van der Waals surface area contributed by atoms with Gasteiger partial charge in [-0.15, -0.1) is 0 Å². The van der Waals surface area contributed by atoms with Gasteiger partial charge in [0, 0.05) is 13.8 Å². The van der Waals surface area contributed by atoms with Gasteiger partial charge in [-0.1, -0.05) is 12.2 Å². The fraction of sp³-hybridized carbons (Fsp3) is 0.364. The first-order valence-electron chi connectivity index (χ1n) is 4.42. The van der Waals surface area contributed by atoms with Crippen molar-refractivity contribution in [3.8, 4) is 0 Å². The molecule has 0 aromatic rings. The number of aldehydes is 1. The van der Waals surface area contributed by atoms with Crippen LogP contribution >= 0.6 is 0 Å². The number of alkyl halides is 1. The van der Waals surface area contributed by atoms with Crippen molar-refractivity contribution in [2.45, 2.75) is 26.1 Å². The number of carbonyl (C=O) groups excluding carboxylic acids is 1. The Bertz CT molecular complexity index is 306. The fourth-order valence-electron chi connectivity index (χ4n) is 1.08. The topological polar surface area (TPSA) is 26.3 Å². The van der Waals surface area contributed by atoms with Crippen molar-refractivity contribution in [1.29, 1.82) is 0 Å². The van der Waals surface area contributed by atoms with Gasteiger partial charge < -0.3 is 4.74 Å². The van der Waals surface area contributed by atoms with Gasteiger partial charge in [0.1, 0.15) is 12.0 Å². The Hall–Kier alpha value is -1.38. The second kappa shape index (κ2) is 4.22. The highest BCUT2D eigenvalue weighted by atomic mass is 19.2. The van der Waals surface area contributed by atoms with Gasteiger partial charge in [-0.3, -0.25) is 4.79 Å². The van der Waals surface area contributed by atoms with E-state index in [4.69, 9.17) is 4.74 Å². The summed E-state index contributed by atoms with van der Waals surface area (Å²) in [6, 6.07) is 0. The molecule has 0 aliphatic heterocycles. The van der Waals surface area contributed by atoms with Crippen LogP contribution in [0.25, 0.3) is 0 Å². The number of hydrogen-bond donors (Lipinski definition) is 0. The Morgan fingerprint density at radius 3 is 2.86 bits per heavy atom. The highest BCUT2D eigenvalue weighted by molar-refractivity contribution is 5.74. The minimum atomic E-state index is -1.73. The van der Waals surface area contributed by atoms with E-state index in [0.717, 1.165) is 6.29 Å². The lowest BCUT2D eigenvalue weighted by atomic mass is 10.2. The molecule has 0 amide bonds. The first-order chi connectivity index (χ1) is 6.51. The normalized spacial score (nSPS) is 16.8. The van der Waals surface area contributed by atoms with Crippen molar-refractivity contribution in [3.05, 3.63) is 35.6 Å². The number of hydrogen-bond acceptors (Lipinski definition) is 2. The van der Waals surface area contributed by atoms with E-state index in [1.165, 1.54) is 13.8 Å². The molecule has 0 atom stereocenters. The van der Waals surface area contributed by atoms with Crippen LogP contribution in [-0.2, 0) is 9.53 Å². The van der Waals surface area contributed by atoms with Gasteiger partial charge in [0.15, 0.2) is 0 Å². The van der Waals surface area contributed by atoms with E-state index in [2.05, 4.69) is 0 Å². The molecule has 0 aromatic carbocycles. The van der Waals surface area contributed by atoms with Crippen LogP contribution in [-0.4, -0.2) is 12.1 Å². The summed E-state index contributed by atoms with van der Waals surface area (Å²) in [6.07, 6.45) is 8.06. The third kappa shape index (κ3) is 3.56. The van der Waals surface area contributed by atoms with Crippen LogP contribution < -0.4 is 0 Å². The Morgan fingerprint density at radius 2 is 2.29 bits per heavy atom. The van der Waals surface area contributed by atoms with E-state index < -0.39 is 5.85 Å². The van der Waals surface area contributed by atoms with E-state index >= 15 is 0 Å². The number of rotatable bonds is 3.